The van der Waals surface area contributed by atoms with Crippen molar-refractivity contribution in [1.82, 2.24) is 20.3 Å². The summed E-state index contributed by atoms with van der Waals surface area (Å²) in [7, 11) is 1.58. The molecule has 1 fully saturated rings. The van der Waals surface area contributed by atoms with Gasteiger partial charge in [-0.2, -0.15) is 0 Å². The number of morpholine rings is 1. The van der Waals surface area contributed by atoms with E-state index in [1.165, 1.54) is 0 Å². The lowest BCUT2D eigenvalue weighted by atomic mass is 10.1. The lowest BCUT2D eigenvalue weighted by Gasteiger charge is -2.36. The third kappa shape index (κ3) is 3.43. The second-order valence-electron chi connectivity index (χ2n) is 4.81. The van der Waals surface area contributed by atoms with Crippen LogP contribution in [0.2, 0.25) is 0 Å². The van der Waals surface area contributed by atoms with E-state index in [2.05, 4.69) is 27.2 Å². The molecular formula is C13H23N5O2. The maximum atomic E-state index is 5.85. The molecule has 20 heavy (non-hydrogen) atoms. The molecule has 3 N–H and O–H groups in total. The van der Waals surface area contributed by atoms with Gasteiger partial charge in [0.1, 0.15) is 5.69 Å². The van der Waals surface area contributed by atoms with Crippen LogP contribution in [-0.4, -0.2) is 54.3 Å². The average molecular weight is 281 g/mol. The van der Waals surface area contributed by atoms with E-state index in [0.717, 1.165) is 26.1 Å². The average Bonchev–Trinajstić information content (AvgIpc) is 2.49. The minimum atomic E-state index is -0.238. The molecule has 0 saturated carbocycles. The van der Waals surface area contributed by atoms with Crippen LogP contribution in [0.3, 0.4) is 0 Å². The molecule has 7 nitrogen and oxygen atoms in total. The van der Waals surface area contributed by atoms with Crippen molar-refractivity contribution in [2.24, 2.45) is 5.84 Å². The van der Waals surface area contributed by atoms with Crippen LogP contribution in [0.25, 0.3) is 0 Å². The van der Waals surface area contributed by atoms with Crippen LogP contribution in [0, 0.1) is 0 Å². The molecule has 1 aliphatic rings. The van der Waals surface area contributed by atoms with E-state index in [1.807, 2.05) is 0 Å². The summed E-state index contributed by atoms with van der Waals surface area (Å²) in [6.45, 7) is 5.72. The van der Waals surface area contributed by atoms with Gasteiger partial charge in [-0.15, -0.1) is 0 Å². The fourth-order valence-electron chi connectivity index (χ4n) is 2.52. The number of ether oxygens (including phenoxy) is 2. The lowest BCUT2D eigenvalue weighted by Crippen LogP contribution is -2.50. The third-order valence-corrected chi connectivity index (χ3v) is 3.45. The third-order valence-electron chi connectivity index (χ3n) is 3.45. The predicted octanol–water partition coefficient (Wildman–Crippen LogP) is 0.100. The first-order valence-electron chi connectivity index (χ1n) is 6.95. The smallest absolute Gasteiger partial charge is 0.237 e. The molecule has 7 heteroatoms. The van der Waals surface area contributed by atoms with Crippen molar-refractivity contribution in [2.75, 3.05) is 33.4 Å². The zero-order valence-corrected chi connectivity index (χ0v) is 12.1. The summed E-state index contributed by atoms with van der Waals surface area (Å²) in [5.74, 6) is 6.19. The summed E-state index contributed by atoms with van der Waals surface area (Å²) in [4.78, 5) is 10.9. The Morgan fingerprint density at radius 3 is 3.05 bits per heavy atom. The molecule has 1 aromatic heterocycles. The normalized spacial score (nSPS) is 21.6. The molecule has 2 unspecified atom stereocenters. The number of hydrogen-bond donors (Lipinski definition) is 2. The van der Waals surface area contributed by atoms with E-state index in [-0.39, 0.29) is 12.1 Å². The van der Waals surface area contributed by atoms with Crippen LogP contribution >= 0.6 is 0 Å². The first-order valence-corrected chi connectivity index (χ1v) is 6.95. The van der Waals surface area contributed by atoms with Gasteiger partial charge < -0.3 is 9.47 Å². The van der Waals surface area contributed by atoms with Gasteiger partial charge in [0.15, 0.2) is 0 Å². The number of aromatic nitrogens is 2. The fourth-order valence-corrected chi connectivity index (χ4v) is 2.52. The summed E-state index contributed by atoms with van der Waals surface area (Å²) in [6, 6.07) is -0.238. The van der Waals surface area contributed by atoms with Crippen molar-refractivity contribution < 1.29 is 9.47 Å². The van der Waals surface area contributed by atoms with Crippen molar-refractivity contribution in [3.05, 3.63) is 18.1 Å². The zero-order chi connectivity index (χ0) is 14.4. The largest absolute Gasteiger partial charge is 0.480 e. The molecule has 1 saturated heterocycles. The van der Waals surface area contributed by atoms with Gasteiger partial charge in [-0.1, -0.05) is 6.92 Å². The molecule has 0 aliphatic carbocycles. The van der Waals surface area contributed by atoms with Crippen LogP contribution in [0.5, 0.6) is 5.88 Å². The quantitative estimate of drug-likeness (QED) is 0.565. The van der Waals surface area contributed by atoms with Crippen molar-refractivity contribution in [3.8, 4) is 5.88 Å². The van der Waals surface area contributed by atoms with Gasteiger partial charge in [0.05, 0.1) is 25.9 Å². The summed E-state index contributed by atoms with van der Waals surface area (Å²) in [5.41, 5.74) is 3.47. The van der Waals surface area contributed by atoms with Crippen molar-refractivity contribution in [3.63, 3.8) is 0 Å². The van der Waals surface area contributed by atoms with E-state index < -0.39 is 0 Å². The highest BCUT2D eigenvalue weighted by molar-refractivity contribution is 5.22. The van der Waals surface area contributed by atoms with Gasteiger partial charge in [-0.3, -0.25) is 15.7 Å². The van der Waals surface area contributed by atoms with Gasteiger partial charge >= 0.3 is 0 Å². The molecule has 2 rings (SSSR count). The first-order chi connectivity index (χ1) is 9.80. The maximum Gasteiger partial charge on any atom is 0.237 e. The minimum absolute atomic E-state index is 0.0640. The molecule has 112 valence electrons. The number of nitrogens with two attached hydrogens (primary N) is 1. The number of methoxy groups -OCH3 is 1. The van der Waals surface area contributed by atoms with E-state index in [4.69, 9.17) is 15.3 Å². The standard InChI is InChI=1S/C13H23N5O2/c1-3-6-18-7-8-20-10(9-18)11(17-14)12-13(19-2)16-5-4-15-12/h4-5,10-11,17H,3,6-9,14H2,1-2H3. The van der Waals surface area contributed by atoms with Crippen molar-refractivity contribution in [2.45, 2.75) is 25.5 Å². The van der Waals surface area contributed by atoms with E-state index in [1.54, 1.807) is 19.5 Å². The highest BCUT2D eigenvalue weighted by Crippen LogP contribution is 2.25. The van der Waals surface area contributed by atoms with Gasteiger partial charge in [-0.05, 0) is 13.0 Å². The van der Waals surface area contributed by atoms with E-state index in [9.17, 15) is 0 Å². The van der Waals surface area contributed by atoms with Crippen LogP contribution in [0.15, 0.2) is 12.4 Å². The SMILES string of the molecule is CCCN1CCOC(C(NN)c2nccnc2OC)C1. The number of nitrogens with one attached hydrogen (secondary N) is 1. The number of nitrogens with zero attached hydrogens (tertiary/aromatic N) is 3. The molecule has 1 aromatic rings. The fraction of sp³-hybridized carbons (Fsp3) is 0.692. The molecule has 0 amide bonds. The molecule has 0 spiro atoms. The van der Waals surface area contributed by atoms with Gasteiger partial charge in [0.2, 0.25) is 5.88 Å². The molecular weight excluding hydrogens is 258 g/mol. The van der Waals surface area contributed by atoms with Gasteiger partial charge in [-0.25, -0.2) is 10.4 Å². The summed E-state index contributed by atoms with van der Waals surface area (Å²) >= 11 is 0. The Kier molecular flexibility index (Phi) is 5.66. The highest BCUT2D eigenvalue weighted by Gasteiger charge is 2.31. The Morgan fingerprint density at radius 1 is 1.55 bits per heavy atom. The van der Waals surface area contributed by atoms with Gasteiger partial charge in [0, 0.05) is 25.5 Å². The second kappa shape index (κ2) is 7.49. The van der Waals surface area contributed by atoms with E-state index in [0.29, 0.717) is 18.2 Å². The van der Waals surface area contributed by atoms with Crippen LogP contribution in [-0.2, 0) is 4.74 Å². The summed E-state index contributed by atoms with van der Waals surface area (Å²) < 4.78 is 11.1. The molecule has 1 aliphatic heterocycles. The number of hydrogen-bond acceptors (Lipinski definition) is 7. The first kappa shape index (κ1) is 15.1. The number of rotatable bonds is 6. The molecule has 0 bridgehead atoms. The van der Waals surface area contributed by atoms with Gasteiger partial charge in [0.25, 0.3) is 0 Å². The van der Waals surface area contributed by atoms with Crippen LogP contribution in [0.1, 0.15) is 25.1 Å². The topological polar surface area (TPSA) is 85.5 Å². The Balaban J connectivity index is 2.14. The summed E-state index contributed by atoms with van der Waals surface area (Å²) in [5, 5.41) is 0. The lowest BCUT2D eigenvalue weighted by molar-refractivity contribution is -0.0481. The highest BCUT2D eigenvalue weighted by atomic mass is 16.5. The predicted molar refractivity (Wildman–Crippen MR) is 75.1 cm³/mol. The number of hydrazine groups is 1. The van der Waals surface area contributed by atoms with E-state index >= 15 is 0 Å². The Bertz CT molecular complexity index is 416. The van der Waals surface area contributed by atoms with Crippen molar-refractivity contribution in [1.29, 1.82) is 0 Å². The molecule has 2 heterocycles. The molecule has 2 atom stereocenters. The van der Waals surface area contributed by atoms with Crippen LogP contribution < -0.4 is 16.0 Å². The summed E-state index contributed by atoms with van der Waals surface area (Å²) in [6.07, 6.45) is 4.29. The minimum Gasteiger partial charge on any atom is -0.480 e. The second-order valence-corrected chi connectivity index (χ2v) is 4.81. The molecule has 0 radical (unpaired) electrons. The Hall–Kier alpha value is -1.28. The maximum absolute atomic E-state index is 5.85. The molecule has 0 aromatic carbocycles. The zero-order valence-electron chi connectivity index (χ0n) is 12.1. The van der Waals surface area contributed by atoms with Crippen molar-refractivity contribution >= 4 is 0 Å². The Labute approximate surface area is 119 Å². The Morgan fingerprint density at radius 2 is 2.35 bits per heavy atom. The monoisotopic (exact) mass is 281 g/mol. The van der Waals surface area contributed by atoms with Crippen LogP contribution in [0.4, 0.5) is 0 Å².